The van der Waals surface area contributed by atoms with Gasteiger partial charge in [0.15, 0.2) is 0 Å². The summed E-state index contributed by atoms with van der Waals surface area (Å²) in [6.07, 6.45) is 3.49. The van der Waals surface area contributed by atoms with E-state index >= 15 is 0 Å². The highest BCUT2D eigenvalue weighted by Crippen LogP contribution is 2.51. The number of rotatable bonds is 5. The summed E-state index contributed by atoms with van der Waals surface area (Å²) in [6.45, 7) is 0. The monoisotopic (exact) mass is 537 g/mol. The Labute approximate surface area is 227 Å². The van der Waals surface area contributed by atoms with Crippen LogP contribution < -0.4 is 5.32 Å². The highest BCUT2D eigenvalue weighted by atomic mass is 16.5. The number of amides is 1. The van der Waals surface area contributed by atoms with Crippen LogP contribution >= 0.6 is 0 Å². The Kier molecular flexibility index (Phi) is 5.69. The first kappa shape index (κ1) is 24.9. The van der Waals surface area contributed by atoms with Gasteiger partial charge in [-0.15, -0.1) is 0 Å². The van der Waals surface area contributed by atoms with Crippen LogP contribution in [0.2, 0.25) is 0 Å². The second kappa shape index (κ2) is 9.12. The molecule has 0 atom stereocenters. The predicted octanol–water partition coefficient (Wildman–Crippen LogP) is 4.30. The maximum Gasteiger partial charge on any atom is 0.337 e. The molecule has 5 aromatic rings. The molecule has 3 aromatic carbocycles. The van der Waals surface area contributed by atoms with Crippen LogP contribution in [0, 0.1) is 0 Å². The zero-order valence-electron chi connectivity index (χ0n) is 21.7. The van der Waals surface area contributed by atoms with Gasteiger partial charge in [0, 0.05) is 56.6 Å². The van der Waals surface area contributed by atoms with Crippen molar-refractivity contribution < 1.29 is 33.4 Å². The number of carbonyl (C=O) groups is 4. The molecule has 200 valence electrons. The Hall–Kier alpha value is -5.38. The van der Waals surface area contributed by atoms with E-state index in [0.717, 1.165) is 0 Å². The number of H-pyrrole nitrogens is 2. The zero-order chi connectivity index (χ0) is 28.2. The highest BCUT2D eigenvalue weighted by Gasteiger charge is 2.52. The summed E-state index contributed by atoms with van der Waals surface area (Å²) >= 11 is 0. The third-order valence-electron chi connectivity index (χ3n) is 7.45. The van der Waals surface area contributed by atoms with E-state index in [2.05, 4.69) is 15.3 Å². The minimum atomic E-state index is -1.36. The fourth-order valence-electron chi connectivity index (χ4n) is 5.60. The zero-order valence-corrected chi connectivity index (χ0v) is 21.7. The van der Waals surface area contributed by atoms with Crippen molar-refractivity contribution in [1.29, 1.82) is 0 Å². The van der Waals surface area contributed by atoms with Crippen LogP contribution in [0.15, 0.2) is 67.0 Å². The maximum atomic E-state index is 14.2. The fourth-order valence-corrected chi connectivity index (χ4v) is 5.60. The van der Waals surface area contributed by atoms with E-state index in [9.17, 15) is 19.2 Å². The van der Waals surface area contributed by atoms with Gasteiger partial charge in [-0.05, 0) is 36.4 Å². The van der Waals surface area contributed by atoms with Gasteiger partial charge in [0.05, 0.1) is 38.0 Å². The molecule has 3 heterocycles. The van der Waals surface area contributed by atoms with E-state index in [1.165, 1.54) is 21.3 Å². The van der Waals surface area contributed by atoms with Crippen molar-refractivity contribution in [2.75, 3.05) is 26.6 Å². The Balaban J connectivity index is 1.65. The van der Waals surface area contributed by atoms with Gasteiger partial charge in [0.2, 0.25) is 5.91 Å². The van der Waals surface area contributed by atoms with Gasteiger partial charge >= 0.3 is 17.9 Å². The van der Waals surface area contributed by atoms with Crippen molar-refractivity contribution in [3.8, 4) is 0 Å². The number of anilines is 1. The number of fused-ring (bicyclic) bond motifs is 3. The summed E-state index contributed by atoms with van der Waals surface area (Å²) in [4.78, 5) is 57.2. The van der Waals surface area contributed by atoms with Crippen molar-refractivity contribution in [2.45, 2.75) is 5.41 Å². The molecule has 0 spiro atoms. The molecule has 1 aliphatic rings. The smallest absolute Gasteiger partial charge is 0.337 e. The average Bonchev–Trinajstić information content (AvgIpc) is 3.68. The fraction of sp³-hybridized carbons (Fsp3) is 0.133. The van der Waals surface area contributed by atoms with Crippen LogP contribution in [-0.2, 0) is 24.4 Å². The van der Waals surface area contributed by atoms with E-state index in [0.29, 0.717) is 60.9 Å². The molecule has 0 unspecified atom stereocenters. The third kappa shape index (κ3) is 3.42. The second-order valence-electron chi connectivity index (χ2n) is 9.36. The maximum absolute atomic E-state index is 14.2. The molecule has 0 bridgehead atoms. The summed E-state index contributed by atoms with van der Waals surface area (Å²) in [5, 5.41) is 4.40. The SMILES string of the molecule is COC(=O)c1ccc2c(c1)NC(=O)C2(c1c[nH]c2cc(C(=O)OC)ccc12)c1c[nH]c2cc(C(=O)OC)ccc12. The molecule has 0 radical (unpaired) electrons. The largest absolute Gasteiger partial charge is 0.465 e. The third-order valence-corrected chi connectivity index (χ3v) is 7.45. The number of methoxy groups -OCH3 is 3. The van der Waals surface area contributed by atoms with E-state index < -0.39 is 23.3 Å². The van der Waals surface area contributed by atoms with Crippen LogP contribution in [0.1, 0.15) is 47.8 Å². The number of benzene rings is 3. The number of nitrogens with one attached hydrogen (secondary N) is 3. The second-order valence-corrected chi connectivity index (χ2v) is 9.36. The summed E-state index contributed by atoms with van der Waals surface area (Å²) in [7, 11) is 3.92. The Morgan fingerprint density at radius 2 is 1.07 bits per heavy atom. The van der Waals surface area contributed by atoms with Crippen LogP contribution in [0.4, 0.5) is 5.69 Å². The molecular formula is C30H23N3O7. The number of hydrogen-bond donors (Lipinski definition) is 3. The van der Waals surface area contributed by atoms with E-state index in [1.807, 2.05) is 0 Å². The summed E-state index contributed by atoms with van der Waals surface area (Å²) in [5.74, 6) is -1.82. The molecule has 2 aromatic heterocycles. The molecule has 3 N–H and O–H groups in total. The van der Waals surface area contributed by atoms with Crippen molar-refractivity contribution in [3.05, 3.63) is 100 Å². The molecule has 1 aliphatic heterocycles. The van der Waals surface area contributed by atoms with Gasteiger partial charge in [-0.2, -0.15) is 0 Å². The lowest BCUT2D eigenvalue weighted by Gasteiger charge is -2.28. The molecular weight excluding hydrogens is 514 g/mol. The van der Waals surface area contributed by atoms with Crippen LogP contribution in [0.25, 0.3) is 21.8 Å². The van der Waals surface area contributed by atoms with Crippen LogP contribution in [0.3, 0.4) is 0 Å². The Morgan fingerprint density at radius 3 is 1.55 bits per heavy atom. The normalized spacial score (nSPS) is 13.6. The van der Waals surface area contributed by atoms with Crippen molar-refractivity contribution in [1.82, 2.24) is 9.97 Å². The van der Waals surface area contributed by atoms with Gasteiger partial charge < -0.3 is 29.5 Å². The number of aromatic amines is 2. The summed E-state index contributed by atoms with van der Waals surface area (Å²) in [5.41, 5.74) is 3.29. The number of aromatic nitrogens is 2. The number of esters is 3. The molecule has 10 heteroatoms. The molecule has 0 fully saturated rings. The lowest BCUT2D eigenvalue weighted by molar-refractivity contribution is -0.118. The number of ether oxygens (including phenoxy) is 3. The summed E-state index contributed by atoms with van der Waals surface area (Å²) in [6, 6.07) is 15.1. The first-order valence-corrected chi connectivity index (χ1v) is 12.3. The number of hydrogen-bond acceptors (Lipinski definition) is 7. The first-order chi connectivity index (χ1) is 19.3. The topological polar surface area (TPSA) is 140 Å². The molecule has 1 amide bonds. The van der Waals surface area contributed by atoms with Crippen LogP contribution in [-0.4, -0.2) is 55.1 Å². The minimum absolute atomic E-state index is 0.292. The Morgan fingerprint density at radius 1 is 0.625 bits per heavy atom. The van der Waals surface area contributed by atoms with Gasteiger partial charge in [-0.3, -0.25) is 4.79 Å². The van der Waals surface area contributed by atoms with Crippen molar-refractivity contribution in [2.24, 2.45) is 0 Å². The standard InChI is InChI=1S/C30H23N3O7/c1-38-26(34)15-4-7-18-21(13-31-23(18)10-15)30(20-9-6-17(28(36)40-3)12-25(20)33-29(30)37)22-14-32-24-11-16(27(35)39-2)5-8-19(22)24/h4-14,31-32H,1-3H3,(H,33,37). The molecule has 0 saturated heterocycles. The molecule has 10 nitrogen and oxygen atoms in total. The summed E-state index contributed by atoms with van der Waals surface area (Å²) < 4.78 is 14.6. The lowest BCUT2D eigenvalue weighted by atomic mass is 9.70. The van der Waals surface area contributed by atoms with Gasteiger partial charge in [-0.25, -0.2) is 14.4 Å². The van der Waals surface area contributed by atoms with Gasteiger partial charge in [-0.1, -0.05) is 18.2 Å². The minimum Gasteiger partial charge on any atom is -0.465 e. The van der Waals surface area contributed by atoms with Gasteiger partial charge in [0.25, 0.3) is 0 Å². The van der Waals surface area contributed by atoms with E-state index in [1.54, 1.807) is 67.0 Å². The van der Waals surface area contributed by atoms with Crippen LogP contribution in [0.5, 0.6) is 0 Å². The number of carbonyl (C=O) groups excluding carboxylic acids is 4. The molecule has 0 saturated carbocycles. The Bertz CT molecular complexity index is 1790. The molecule has 6 rings (SSSR count). The van der Waals surface area contributed by atoms with Crippen molar-refractivity contribution >= 4 is 51.3 Å². The van der Waals surface area contributed by atoms with E-state index in [-0.39, 0.29) is 5.91 Å². The molecule has 0 aliphatic carbocycles. The first-order valence-electron chi connectivity index (χ1n) is 12.3. The lowest BCUT2D eigenvalue weighted by Crippen LogP contribution is -2.36. The van der Waals surface area contributed by atoms with Crippen molar-refractivity contribution in [3.63, 3.8) is 0 Å². The highest BCUT2D eigenvalue weighted by molar-refractivity contribution is 6.16. The molecule has 40 heavy (non-hydrogen) atoms. The quantitative estimate of drug-likeness (QED) is 0.224. The van der Waals surface area contributed by atoms with E-state index in [4.69, 9.17) is 14.2 Å². The predicted molar refractivity (Wildman–Crippen MR) is 146 cm³/mol. The van der Waals surface area contributed by atoms with Gasteiger partial charge in [0.1, 0.15) is 5.41 Å². The average molecular weight is 538 g/mol.